The number of aliphatic carboxylic acids is 1. The van der Waals surface area contributed by atoms with E-state index in [1.807, 2.05) is 0 Å². The van der Waals surface area contributed by atoms with Crippen LogP contribution in [0.25, 0.3) is 0 Å². The normalized spacial score (nSPS) is 5.26. The molecule has 0 bridgehead atoms. The Kier molecular flexibility index (Phi) is 180. The third-order valence-corrected chi connectivity index (χ3v) is 0.0962. The minimum Gasteiger partial charge on any atom is -0.481 e. The molecule has 0 aliphatic rings. The number of aldehydes is 1. The van der Waals surface area contributed by atoms with Crippen LogP contribution in [0, 0.1) is 5.92 Å². The Labute approximate surface area is 145 Å². The number of hydrogen-bond donors (Lipinski definition) is 1. The molecule has 0 heterocycles. The van der Waals surface area contributed by atoms with Gasteiger partial charge in [0, 0.05) is 6.92 Å². The number of hydrogen-bond acceptors (Lipinski definition) is 5. The van der Waals surface area contributed by atoms with Crippen LogP contribution < -0.4 is 0 Å². The monoisotopic (exact) mass is 344 g/mol. The molecule has 0 unspecified atom stereocenters. The summed E-state index contributed by atoms with van der Waals surface area (Å²) in [4.78, 5) is 36.2. The molecule has 1 N–H and O–H groups in total. The van der Waals surface area contributed by atoms with Crippen molar-refractivity contribution in [3.8, 4) is 0 Å². The van der Waals surface area contributed by atoms with Crippen LogP contribution in [0.5, 0.6) is 0 Å². The lowest BCUT2D eigenvalue weighted by atomic mass is 10.3. The first-order chi connectivity index (χ1) is 8.52. The van der Waals surface area contributed by atoms with Crippen LogP contribution in [-0.4, -0.2) is 36.7 Å². The molecule has 0 saturated carbocycles. The number of carbonyl (C=O) groups is 4. The van der Waals surface area contributed by atoms with Gasteiger partial charge in [-0.1, -0.05) is 50.5 Å². The molecule has 148 valence electrons. The van der Waals surface area contributed by atoms with E-state index in [2.05, 4.69) is 25.5 Å². The second kappa shape index (κ2) is 71.3. The van der Waals surface area contributed by atoms with Gasteiger partial charge in [0.05, 0.1) is 7.11 Å². The van der Waals surface area contributed by atoms with Gasteiger partial charge in [0.15, 0.2) is 0 Å². The molecule has 0 rings (SSSR count). The highest BCUT2D eigenvalue weighted by molar-refractivity contribution is 5.72. The summed E-state index contributed by atoms with van der Waals surface area (Å²) in [6.45, 7) is 12.5. The van der Waals surface area contributed by atoms with E-state index in [0.717, 1.165) is 19.1 Å². The highest BCUT2D eigenvalue weighted by atomic mass is 16.5. The van der Waals surface area contributed by atoms with Crippen molar-refractivity contribution in [2.75, 3.05) is 7.11 Å². The van der Waals surface area contributed by atoms with Gasteiger partial charge in [-0.15, -0.1) is 0 Å². The van der Waals surface area contributed by atoms with Crippen LogP contribution >= 0.6 is 0 Å². The van der Waals surface area contributed by atoms with E-state index in [0.29, 0.717) is 6.47 Å². The summed E-state index contributed by atoms with van der Waals surface area (Å²) in [7, 11) is 1.31. The summed E-state index contributed by atoms with van der Waals surface area (Å²) in [5.41, 5.74) is 0. The summed E-state index contributed by atoms with van der Waals surface area (Å²) in [5.74, 6) is 0.167. The molecule has 0 aliphatic heterocycles. The number of carboxylic acid groups (broad SMARTS) is 1. The second-order valence-electron chi connectivity index (χ2n) is 3.73. The Morgan fingerprint density at radius 2 is 0.957 bits per heavy atom. The zero-order valence-corrected chi connectivity index (χ0v) is 13.2. The standard InChI is InChI=1S/C4H10.C3H6O.2C2H4O2.C2H4O.4CH4/c1-4(2)3;1-3(2)4;1-4-2-3;1-2(3)4;1-2-3;;;;/h4H,1-3H3;1-2H3;2H,1H3;1H3,(H,3,4);2H,1H3;4*1H4. The topological polar surface area (TPSA) is 97.7 Å². The maximum atomic E-state index is 9.44. The molecule has 0 amide bonds. The van der Waals surface area contributed by atoms with Gasteiger partial charge in [-0.05, 0) is 26.7 Å². The van der Waals surface area contributed by atoms with Gasteiger partial charge < -0.3 is 19.4 Å². The molecule has 0 fully saturated rings. The Bertz CT molecular complexity index is 179. The molecule has 0 aliphatic carbocycles. The van der Waals surface area contributed by atoms with E-state index < -0.39 is 5.97 Å². The van der Waals surface area contributed by atoms with Crippen molar-refractivity contribution in [1.82, 2.24) is 0 Å². The molecular formula is C17H44O6. The Morgan fingerprint density at radius 1 is 0.913 bits per heavy atom. The number of ether oxygens (including phenoxy) is 1. The number of carboxylic acids is 1. The zero-order valence-electron chi connectivity index (χ0n) is 13.2. The van der Waals surface area contributed by atoms with E-state index in [9.17, 15) is 4.79 Å². The van der Waals surface area contributed by atoms with Crippen LogP contribution in [0.15, 0.2) is 0 Å². The van der Waals surface area contributed by atoms with Crippen molar-refractivity contribution in [2.24, 2.45) is 5.92 Å². The van der Waals surface area contributed by atoms with Gasteiger partial charge in [-0.3, -0.25) is 9.59 Å². The minimum atomic E-state index is -0.833. The van der Waals surface area contributed by atoms with Gasteiger partial charge in [0.2, 0.25) is 0 Å². The highest BCUT2D eigenvalue weighted by Gasteiger charge is 1.68. The van der Waals surface area contributed by atoms with Gasteiger partial charge in [-0.25, -0.2) is 0 Å². The molecule has 0 saturated heterocycles. The van der Waals surface area contributed by atoms with Gasteiger partial charge >= 0.3 is 0 Å². The van der Waals surface area contributed by atoms with Crippen LogP contribution in [0.4, 0.5) is 0 Å². The fourth-order valence-corrected chi connectivity index (χ4v) is 0. The lowest BCUT2D eigenvalue weighted by Gasteiger charge is -1.79. The maximum absolute atomic E-state index is 9.44. The third kappa shape index (κ3) is 13100. The largest absolute Gasteiger partial charge is 0.481 e. The van der Waals surface area contributed by atoms with Crippen LogP contribution in [0.3, 0.4) is 0 Å². The first-order valence-electron chi connectivity index (χ1n) is 5.56. The molecule has 0 aromatic carbocycles. The van der Waals surface area contributed by atoms with E-state index in [1.165, 1.54) is 27.9 Å². The Hall–Kier alpha value is -1.72. The van der Waals surface area contributed by atoms with Crippen molar-refractivity contribution in [1.29, 1.82) is 0 Å². The van der Waals surface area contributed by atoms with Crippen molar-refractivity contribution >= 4 is 24.5 Å². The summed E-state index contributed by atoms with van der Waals surface area (Å²) in [5, 5.41) is 7.42. The SMILES string of the molecule is C.C.C.C.CC(=O)O.CC(C)=O.CC(C)C.CC=O.COC=O. The van der Waals surface area contributed by atoms with Gasteiger partial charge in [0.1, 0.15) is 12.1 Å². The maximum Gasteiger partial charge on any atom is 0.300 e. The fraction of sp³-hybridized carbons (Fsp3) is 0.765. The van der Waals surface area contributed by atoms with Crippen molar-refractivity contribution in [3.05, 3.63) is 0 Å². The van der Waals surface area contributed by atoms with E-state index >= 15 is 0 Å². The first kappa shape index (κ1) is 58.0. The number of Topliss-reactive ketones (excluding diaryl/α,β-unsaturated/α-hetero) is 1. The molecule has 0 aromatic heterocycles. The van der Waals surface area contributed by atoms with E-state index in [1.54, 1.807) is 0 Å². The number of carbonyl (C=O) groups excluding carboxylic acids is 3. The highest BCUT2D eigenvalue weighted by Crippen LogP contribution is 1.81. The van der Waals surface area contributed by atoms with E-state index in [-0.39, 0.29) is 35.5 Å². The van der Waals surface area contributed by atoms with Gasteiger partial charge in [0.25, 0.3) is 12.4 Å². The molecule has 6 nitrogen and oxygen atoms in total. The minimum absolute atomic E-state index is 0. The predicted molar refractivity (Wildman–Crippen MR) is 102 cm³/mol. The van der Waals surface area contributed by atoms with E-state index in [4.69, 9.17) is 19.5 Å². The predicted octanol–water partition coefficient (Wildman–Crippen LogP) is 4.89. The fourth-order valence-electron chi connectivity index (χ4n) is 0. The van der Waals surface area contributed by atoms with Crippen molar-refractivity contribution < 1.29 is 29.0 Å². The third-order valence-electron chi connectivity index (χ3n) is 0.0962. The average molecular weight is 345 g/mol. The number of ketones is 1. The van der Waals surface area contributed by atoms with Crippen molar-refractivity contribution in [3.63, 3.8) is 0 Å². The van der Waals surface area contributed by atoms with Crippen LogP contribution in [0.2, 0.25) is 0 Å². The second-order valence-corrected chi connectivity index (χ2v) is 3.73. The van der Waals surface area contributed by atoms with Crippen LogP contribution in [0.1, 0.15) is 78.2 Å². The smallest absolute Gasteiger partial charge is 0.300 e. The summed E-state index contributed by atoms with van der Waals surface area (Å²) in [6.07, 6.45) is 0.750. The first-order valence-corrected chi connectivity index (χ1v) is 5.56. The van der Waals surface area contributed by atoms with Gasteiger partial charge in [-0.2, -0.15) is 0 Å². The summed E-state index contributed by atoms with van der Waals surface area (Å²) in [6, 6.07) is 0. The lowest BCUT2D eigenvalue weighted by Crippen LogP contribution is -1.78. The molecule has 0 atom stereocenters. The molecule has 0 aromatic rings. The van der Waals surface area contributed by atoms with Crippen LogP contribution in [-0.2, 0) is 23.9 Å². The molecular weight excluding hydrogens is 300 g/mol. The lowest BCUT2D eigenvalue weighted by molar-refractivity contribution is -0.134. The Morgan fingerprint density at radius 3 is 0.957 bits per heavy atom. The number of methoxy groups -OCH3 is 1. The summed E-state index contributed by atoms with van der Waals surface area (Å²) < 4.78 is 3.86. The molecule has 0 spiro atoms. The zero-order chi connectivity index (χ0) is 16.9. The molecule has 6 heteroatoms. The Balaban J connectivity index is -0.0000000146. The average Bonchev–Trinajstić information content (AvgIpc) is 2.15. The molecule has 23 heavy (non-hydrogen) atoms. The quantitative estimate of drug-likeness (QED) is 0.680. The van der Waals surface area contributed by atoms with Crippen molar-refractivity contribution in [2.45, 2.75) is 78.2 Å². The summed E-state index contributed by atoms with van der Waals surface area (Å²) >= 11 is 0. The molecule has 0 radical (unpaired) electrons. The number of rotatable bonds is 1.